The minimum atomic E-state index is -0.380. The van der Waals surface area contributed by atoms with Gasteiger partial charge in [0.25, 0.3) is 0 Å². The van der Waals surface area contributed by atoms with Crippen molar-refractivity contribution in [3.8, 4) is 11.5 Å². The normalized spacial score (nSPS) is 17.4. The summed E-state index contributed by atoms with van der Waals surface area (Å²) >= 11 is 0. The molecule has 1 saturated carbocycles. The minimum absolute atomic E-state index is 0.0209. The van der Waals surface area contributed by atoms with Crippen LogP contribution in [0.15, 0.2) is 43.5 Å². The Balaban J connectivity index is 2.41. The topological polar surface area (TPSA) is 55.8 Å². The Morgan fingerprint density at radius 3 is 2.58 bits per heavy atom. The van der Waals surface area contributed by atoms with Crippen molar-refractivity contribution in [2.75, 3.05) is 13.7 Å². The fourth-order valence-corrected chi connectivity index (χ4v) is 3.30. The Bertz CT molecular complexity index is 616. The van der Waals surface area contributed by atoms with Crippen LogP contribution in [0.1, 0.15) is 37.7 Å². The van der Waals surface area contributed by atoms with Crippen molar-refractivity contribution >= 4 is 5.97 Å². The molecule has 1 aliphatic carbocycles. The molecule has 0 aromatic heterocycles. The molecule has 0 spiro atoms. The first-order valence-corrected chi connectivity index (χ1v) is 8.22. The highest BCUT2D eigenvalue weighted by atomic mass is 16.5. The second-order valence-corrected chi connectivity index (χ2v) is 6.61. The maximum Gasteiger partial charge on any atom is 0.310 e. The summed E-state index contributed by atoms with van der Waals surface area (Å²) in [6.07, 6.45) is 5.83. The molecular formula is C20H26O4. The number of esters is 1. The SMILES string of the molecule is C=CCOC(=O)C(CC=C)C(c1ccc(OC)cc1O)C1(C)CC1. The van der Waals surface area contributed by atoms with E-state index in [1.807, 2.05) is 12.1 Å². The molecule has 1 fully saturated rings. The monoisotopic (exact) mass is 330 g/mol. The third kappa shape index (κ3) is 3.81. The lowest BCUT2D eigenvalue weighted by atomic mass is 9.73. The maximum atomic E-state index is 12.6. The molecule has 130 valence electrons. The summed E-state index contributed by atoms with van der Waals surface area (Å²) in [5.74, 6) is -0.0420. The molecule has 1 aromatic carbocycles. The molecule has 1 aliphatic rings. The van der Waals surface area contributed by atoms with E-state index in [0.29, 0.717) is 12.2 Å². The highest BCUT2D eigenvalue weighted by molar-refractivity contribution is 5.75. The fraction of sp³-hybridized carbons (Fsp3) is 0.450. The zero-order valence-corrected chi connectivity index (χ0v) is 14.5. The number of methoxy groups -OCH3 is 1. The number of aromatic hydroxyl groups is 1. The van der Waals surface area contributed by atoms with Crippen molar-refractivity contribution in [2.24, 2.45) is 11.3 Å². The van der Waals surface area contributed by atoms with Crippen LogP contribution in [-0.2, 0) is 9.53 Å². The minimum Gasteiger partial charge on any atom is -0.508 e. The van der Waals surface area contributed by atoms with Crippen molar-refractivity contribution < 1.29 is 19.4 Å². The maximum absolute atomic E-state index is 12.6. The van der Waals surface area contributed by atoms with Crippen molar-refractivity contribution in [3.63, 3.8) is 0 Å². The van der Waals surface area contributed by atoms with E-state index in [9.17, 15) is 9.90 Å². The average Bonchev–Trinajstić information content (AvgIpc) is 3.31. The number of ether oxygens (including phenoxy) is 2. The molecule has 0 heterocycles. The number of phenolic OH excluding ortho intramolecular Hbond substituents is 1. The van der Waals surface area contributed by atoms with Gasteiger partial charge in [-0.15, -0.1) is 6.58 Å². The molecule has 24 heavy (non-hydrogen) atoms. The average molecular weight is 330 g/mol. The molecule has 1 aromatic rings. The van der Waals surface area contributed by atoms with Gasteiger partial charge >= 0.3 is 5.97 Å². The van der Waals surface area contributed by atoms with E-state index < -0.39 is 0 Å². The number of carbonyl (C=O) groups excluding carboxylic acids is 1. The highest BCUT2D eigenvalue weighted by Crippen LogP contribution is 2.60. The van der Waals surface area contributed by atoms with Crippen molar-refractivity contribution in [1.29, 1.82) is 0 Å². The highest BCUT2D eigenvalue weighted by Gasteiger charge is 2.51. The number of hydrogen-bond acceptors (Lipinski definition) is 4. The quantitative estimate of drug-likeness (QED) is 0.544. The summed E-state index contributed by atoms with van der Waals surface area (Å²) in [6, 6.07) is 5.25. The van der Waals surface area contributed by atoms with Crippen LogP contribution >= 0.6 is 0 Å². The third-order valence-electron chi connectivity index (χ3n) is 4.83. The van der Waals surface area contributed by atoms with Crippen molar-refractivity contribution in [3.05, 3.63) is 49.1 Å². The molecular weight excluding hydrogens is 304 g/mol. The number of allylic oxidation sites excluding steroid dienone is 1. The van der Waals surface area contributed by atoms with E-state index in [2.05, 4.69) is 20.1 Å². The van der Waals surface area contributed by atoms with Crippen LogP contribution in [-0.4, -0.2) is 24.8 Å². The van der Waals surface area contributed by atoms with Gasteiger partial charge in [0, 0.05) is 12.0 Å². The van der Waals surface area contributed by atoms with Gasteiger partial charge in [-0.2, -0.15) is 0 Å². The Morgan fingerprint density at radius 2 is 2.08 bits per heavy atom. The smallest absolute Gasteiger partial charge is 0.310 e. The van der Waals surface area contributed by atoms with Crippen LogP contribution in [0, 0.1) is 11.3 Å². The second-order valence-electron chi connectivity index (χ2n) is 6.61. The van der Waals surface area contributed by atoms with Gasteiger partial charge in [-0.05, 0) is 36.3 Å². The molecule has 2 unspecified atom stereocenters. The van der Waals surface area contributed by atoms with Crippen LogP contribution < -0.4 is 4.74 Å². The zero-order valence-electron chi connectivity index (χ0n) is 14.5. The molecule has 0 saturated heterocycles. The number of hydrogen-bond donors (Lipinski definition) is 1. The molecule has 0 amide bonds. The van der Waals surface area contributed by atoms with E-state index in [0.717, 1.165) is 18.4 Å². The molecule has 4 heteroatoms. The van der Waals surface area contributed by atoms with Gasteiger partial charge in [0.15, 0.2) is 0 Å². The Labute approximate surface area is 143 Å². The van der Waals surface area contributed by atoms with Gasteiger partial charge in [-0.1, -0.05) is 31.7 Å². The summed E-state index contributed by atoms with van der Waals surface area (Å²) in [5.41, 5.74) is 0.741. The molecule has 4 nitrogen and oxygen atoms in total. The van der Waals surface area contributed by atoms with Gasteiger partial charge in [-0.3, -0.25) is 4.79 Å². The van der Waals surface area contributed by atoms with E-state index in [1.54, 1.807) is 25.3 Å². The van der Waals surface area contributed by atoms with Gasteiger partial charge < -0.3 is 14.6 Å². The third-order valence-corrected chi connectivity index (χ3v) is 4.83. The van der Waals surface area contributed by atoms with Gasteiger partial charge in [0.1, 0.15) is 18.1 Å². The standard InChI is InChI=1S/C20H26O4/c1-5-7-16(19(22)24-12-6-2)18(20(3)10-11-20)15-9-8-14(23-4)13-17(15)21/h5-6,8-9,13,16,18,21H,1-2,7,10-12H2,3-4H3. The first kappa shape index (κ1) is 18.1. The molecule has 0 radical (unpaired) electrons. The lowest BCUT2D eigenvalue weighted by molar-refractivity contribution is -0.148. The largest absolute Gasteiger partial charge is 0.508 e. The first-order chi connectivity index (χ1) is 11.5. The summed E-state index contributed by atoms with van der Waals surface area (Å²) in [6.45, 7) is 9.70. The summed E-state index contributed by atoms with van der Waals surface area (Å²) in [4.78, 5) is 12.6. The first-order valence-electron chi connectivity index (χ1n) is 8.22. The van der Waals surface area contributed by atoms with Gasteiger partial charge in [0.05, 0.1) is 13.0 Å². The van der Waals surface area contributed by atoms with Crippen LogP contribution in [0.5, 0.6) is 11.5 Å². The summed E-state index contributed by atoms with van der Waals surface area (Å²) in [7, 11) is 1.56. The van der Waals surface area contributed by atoms with Crippen LogP contribution in [0.4, 0.5) is 0 Å². The Hall–Kier alpha value is -2.23. The fourth-order valence-electron chi connectivity index (χ4n) is 3.30. The van der Waals surface area contributed by atoms with Crippen LogP contribution in [0.3, 0.4) is 0 Å². The number of phenols is 1. The number of benzene rings is 1. The summed E-state index contributed by atoms with van der Waals surface area (Å²) in [5, 5.41) is 10.5. The second kappa shape index (κ2) is 7.56. The Kier molecular flexibility index (Phi) is 5.71. The molecule has 0 bridgehead atoms. The van der Waals surface area contributed by atoms with Crippen LogP contribution in [0.25, 0.3) is 0 Å². The molecule has 2 atom stereocenters. The van der Waals surface area contributed by atoms with Crippen molar-refractivity contribution in [2.45, 2.75) is 32.1 Å². The predicted molar refractivity (Wildman–Crippen MR) is 94.2 cm³/mol. The van der Waals surface area contributed by atoms with Crippen molar-refractivity contribution in [1.82, 2.24) is 0 Å². The zero-order chi connectivity index (χ0) is 17.7. The number of rotatable bonds is 9. The lowest BCUT2D eigenvalue weighted by Crippen LogP contribution is -2.29. The molecule has 2 rings (SSSR count). The van der Waals surface area contributed by atoms with Gasteiger partial charge in [-0.25, -0.2) is 0 Å². The van der Waals surface area contributed by atoms with E-state index in [1.165, 1.54) is 0 Å². The number of carbonyl (C=O) groups is 1. The van der Waals surface area contributed by atoms with E-state index in [-0.39, 0.29) is 35.6 Å². The van der Waals surface area contributed by atoms with Gasteiger partial charge in [0.2, 0.25) is 0 Å². The van der Waals surface area contributed by atoms with Crippen LogP contribution in [0.2, 0.25) is 0 Å². The predicted octanol–water partition coefficient (Wildman–Crippen LogP) is 4.21. The van der Waals surface area contributed by atoms with E-state index >= 15 is 0 Å². The lowest BCUT2D eigenvalue weighted by Gasteiger charge is -2.31. The Morgan fingerprint density at radius 1 is 1.38 bits per heavy atom. The van der Waals surface area contributed by atoms with E-state index in [4.69, 9.17) is 9.47 Å². The molecule has 0 aliphatic heterocycles. The molecule has 1 N–H and O–H groups in total. The summed E-state index contributed by atoms with van der Waals surface area (Å²) < 4.78 is 10.5.